The highest BCUT2D eigenvalue weighted by Gasteiger charge is 2.73. The molecule has 0 spiro atoms. The Morgan fingerprint density at radius 3 is 2.68 bits per heavy atom. The van der Waals surface area contributed by atoms with Crippen LogP contribution in [-0.2, 0) is 19.0 Å². The van der Waals surface area contributed by atoms with Crippen molar-refractivity contribution in [1.82, 2.24) is 0 Å². The highest BCUT2D eigenvalue weighted by atomic mass is 16.7. The summed E-state index contributed by atoms with van der Waals surface area (Å²) < 4.78 is 16.6. The molecule has 2 N–H and O–H groups in total. The molecule has 2 aliphatic heterocycles. The van der Waals surface area contributed by atoms with Crippen molar-refractivity contribution >= 4 is 5.97 Å². The maximum atomic E-state index is 12.0. The van der Waals surface area contributed by atoms with E-state index in [-0.39, 0.29) is 24.1 Å². The van der Waals surface area contributed by atoms with Crippen LogP contribution in [0, 0.1) is 11.3 Å². The number of aliphatic hydroxyl groups excluding tert-OH is 1. The molecule has 0 aromatic heterocycles. The minimum atomic E-state index is -1.12. The van der Waals surface area contributed by atoms with Crippen LogP contribution in [0.15, 0.2) is 11.1 Å². The number of carbonyl (C=O) groups excluding carboxylic acids is 1. The first-order chi connectivity index (χ1) is 10.2. The molecule has 3 fully saturated rings. The fourth-order valence-electron chi connectivity index (χ4n) is 5.04. The molecule has 4 rings (SSSR count). The second kappa shape index (κ2) is 3.93. The first kappa shape index (κ1) is 14.6. The molecule has 0 amide bonds. The zero-order valence-electron chi connectivity index (χ0n) is 13.3. The van der Waals surface area contributed by atoms with Crippen molar-refractivity contribution in [3.8, 4) is 0 Å². The standard InChI is InChI=1S/C16H22O6/c1-7-8-5-9-14(2,6-16(8,20-4)22-13(7)18)11(17)10-12(21-10)15(9,3)19/h9-12,17,19H,5-6H2,1-4H3/t9-,10-,11-,12-,14-,15+,16+/m1/s1. The smallest absolute Gasteiger partial charge is 0.336 e. The van der Waals surface area contributed by atoms with E-state index in [1.165, 1.54) is 7.11 Å². The third-order valence-corrected chi connectivity index (χ3v) is 6.42. The summed E-state index contributed by atoms with van der Waals surface area (Å²) in [5, 5.41) is 21.7. The Hall–Kier alpha value is -0.950. The van der Waals surface area contributed by atoms with Crippen LogP contribution in [0.5, 0.6) is 0 Å². The maximum Gasteiger partial charge on any atom is 0.336 e. The molecule has 0 radical (unpaired) electrons. The van der Waals surface area contributed by atoms with Crippen LogP contribution in [0.4, 0.5) is 0 Å². The predicted octanol–water partition coefficient (Wildman–Crippen LogP) is 0.512. The molecule has 2 aliphatic carbocycles. The monoisotopic (exact) mass is 310 g/mol. The number of esters is 1. The molecule has 0 aromatic rings. The van der Waals surface area contributed by atoms with E-state index in [0.29, 0.717) is 18.4 Å². The normalized spacial score (nSPS) is 56.2. The van der Waals surface area contributed by atoms with Crippen molar-refractivity contribution in [2.45, 2.75) is 63.3 Å². The van der Waals surface area contributed by atoms with Gasteiger partial charge >= 0.3 is 5.97 Å². The van der Waals surface area contributed by atoms with Gasteiger partial charge in [-0.1, -0.05) is 6.92 Å². The quantitative estimate of drug-likeness (QED) is 0.542. The molecule has 122 valence electrons. The number of carbonyl (C=O) groups is 1. The van der Waals surface area contributed by atoms with Gasteiger partial charge in [-0.3, -0.25) is 0 Å². The van der Waals surface area contributed by atoms with Gasteiger partial charge in [0.15, 0.2) is 0 Å². The van der Waals surface area contributed by atoms with E-state index in [9.17, 15) is 15.0 Å². The van der Waals surface area contributed by atoms with E-state index in [1.807, 2.05) is 6.92 Å². The fourth-order valence-corrected chi connectivity index (χ4v) is 5.04. The molecule has 7 atom stereocenters. The minimum absolute atomic E-state index is 0.221. The first-order valence-corrected chi connectivity index (χ1v) is 7.72. The topological polar surface area (TPSA) is 88.5 Å². The molecule has 6 heteroatoms. The lowest BCUT2D eigenvalue weighted by molar-refractivity contribution is -0.243. The lowest BCUT2D eigenvalue weighted by atomic mass is 9.52. The number of aliphatic hydroxyl groups is 2. The van der Waals surface area contributed by atoms with Crippen LogP contribution in [0.25, 0.3) is 0 Å². The Morgan fingerprint density at radius 2 is 2.05 bits per heavy atom. The van der Waals surface area contributed by atoms with Gasteiger partial charge in [-0.05, 0) is 20.3 Å². The summed E-state index contributed by atoms with van der Waals surface area (Å²) in [6, 6.07) is 0. The van der Waals surface area contributed by atoms with Crippen molar-refractivity contribution in [3.63, 3.8) is 0 Å². The molecule has 0 unspecified atom stereocenters. The third-order valence-electron chi connectivity index (χ3n) is 6.42. The molecule has 0 bridgehead atoms. The Kier molecular flexibility index (Phi) is 2.61. The SMILES string of the molecule is CO[C@]12C[C@@]3(C)[C@H](O)[C@H]4O[C@H]4[C@@](C)(O)[C@@H]3CC1=C(C)C(=O)O2. The van der Waals surface area contributed by atoms with Gasteiger partial charge in [0.05, 0.1) is 11.7 Å². The molecule has 2 saturated carbocycles. The molecule has 22 heavy (non-hydrogen) atoms. The molecular weight excluding hydrogens is 288 g/mol. The van der Waals surface area contributed by atoms with Crippen molar-refractivity contribution in [1.29, 1.82) is 0 Å². The second-order valence-electron chi connectivity index (χ2n) is 7.58. The van der Waals surface area contributed by atoms with Gasteiger partial charge in [0.1, 0.15) is 12.2 Å². The number of rotatable bonds is 1. The summed E-state index contributed by atoms with van der Waals surface area (Å²) in [6.07, 6.45) is -0.624. The molecule has 4 aliphatic rings. The van der Waals surface area contributed by atoms with Crippen LogP contribution in [0.3, 0.4) is 0 Å². The van der Waals surface area contributed by atoms with Gasteiger partial charge in [0, 0.05) is 36.0 Å². The lowest BCUT2D eigenvalue weighted by Crippen LogP contribution is -2.64. The highest BCUT2D eigenvalue weighted by molar-refractivity contribution is 5.92. The van der Waals surface area contributed by atoms with Crippen molar-refractivity contribution in [2.24, 2.45) is 11.3 Å². The zero-order valence-corrected chi connectivity index (χ0v) is 13.3. The summed E-state index contributed by atoms with van der Waals surface area (Å²) in [7, 11) is 1.51. The van der Waals surface area contributed by atoms with Crippen molar-refractivity contribution in [3.05, 3.63) is 11.1 Å². The van der Waals surface area contributed by atoms with Crippen LogP contribution in [0.2, 0.25) is 0 Å². The van der Waals surface area contributed by atoms with E-state index in [0.717, 1.165) is 5.57 Å². The van der Waals surface area contributed by atoms with E-state index < -0.39 is 22.9 Å². The molecule has 2 heterocycles. The Labute approximate surface area is 129 Å². The lowest BCUT2D eigenvalue weighted by Gasteiger charge is -2.56. The summed E-state index contributed by atoms with van der Waals surface area (Å²) >= 11 is 0. The Balaban J connectivity index is 1.84. The predicted molar refractivity (Wildman–Crippen MR) is 74.7 cm³/mol. The van der Waals surface area contributed by atoms with E-state index in [1.54, 1.807) is 13.8 Å². The van der Waals surface area contributed by atoms with Gasteiger partial charge in [0.25, 0.3) is 0 Å². The Morgan fingerprint density at radius 1 is 1.36 bits per heavy atom. The van der Waals surface area contributed by atoms with Crippen molar-refractivity contribution < 1.29 is 29.2 Å². The molecule has 6 nitrogen and oxygen atoms in total. The number of fused-ring (bicyclic) bond motifs is 3. The average molecular weight is 310 g/mol. The van der Waals surface area contributed by atoms with Crippen LogP contribution >= 0.6 is 0 Å². The number of epoxide rings is 1. The van der Waals surface area contributed by atoms with E-state index in [4.69, 9.17) is 14.2 Å². The number of hydrogen-bond acceptors (Lipinski definition) is 6. The second-order valence-corrected chi connectivity index (χ2v) is 7.58. The van der Waals surface area contributed by atoms with Crippen LogP contribution in [0.1, 0.15) is 33.6 Å². The maximum absolute atomic E-state index is 12.0. The Bertz CT molecular complexity index is 595. The molecule has 1 saturated heterocycles. The molecular formula is C16H22O6. The van der Waals surface area contributed by atoms with Gasteiger partial charge in [-0.15, -0.1) is 0 Å². The number of ether oxygens (including phenoxy) is 3. The summed E-state index contributed by atoms with van der Waals surface area (Å²) in [6.45, 7) is 5.42. The van der Waals surface area contributed by atoms with E-state index >= 15 is 0 Å². The van der Waals surface area contributed by atoms with Crippen LogP contribution < -0.4 is 0 Å². The summed E-state index contributed by atoms with van der Waals surface area (Å²) in [5.41, 5.74) is -0.356. The van der Waals surface area contributed by atoms with Crippen molar-refractivity contribution in [2.75, 3.05) is 7.11 Å². The minimum Gasteiger partial charge on any atom is -0.426 e. The van der Waals surface area contributed by atoms with Gasteiger partial charge in [-0.2, -0.15) is 0 Å². The van der Waals surface area contributed by atoms with Gasteiger partial charge in [-0.25, -0.2) is 4.79 Å². The summed E-state index contributed by atoms with van der Waals surface area (Å²) in [4.78, 5) is 12.0. The number of hydrogen-bond donors (Lipinski definition) is 2. The van der Waals surface area contributed by atoms with Crippen LogP contribution in [-0.4, -0.2) is 53.0 Å². The first-order valence-electron chi connectivity index (χ1n) is 7.72. The molecule has 0 aromatic carbocycles. The summed E-state index contributed by atoms with van der Waals surface area (Å²) in [5.74, 6) is -1.72. The number of methoxy groups -OCH3 is 1. The fraction of sp³-hybridized carbons (Fsp3) is 0.812. The van der Waals surface area contributed by atoms with Gasteiger partial charge in [0.2, 0.25) is 5.79 Å². The zero-order chi connectivity index (χ0) is 16.1. The average Bonchev–Trinajstić information content (AvgIpc) is 3.21. The van der Waals surface area contributed by atoms with Gasteiger partial charge < -0.3 is 24.4 Å². The third kappa shape index (κ3) is 1.47. The highest BCUT2D eigenvalue weighted by Crippen LogP contribution is 2.64. The largest absolute Gasteiger partial charge is 0.426 e. The van der Waals surface area contributed by atoms with E-state index in [2.05, 4.69) is 0 Å².